The van der Waals surface area contributed by atoms with Crippen molar-refractivity contribution >= 4 is 17.2 Å². The molecule has 0 aromatic carbocycles. The van der Waals surface area contributed by atoms with Crippen molar-refractivity contribution in [2.45, 2.75) is 39.7 Å². The first-order valence-corrected chi connectivity index (χ1v) is 9.35. The number of amides is 1. The highest BCUT2D eigenvalue weighted by Crippen LogP contribution is 2.48. The zero-order valence-corrected chi connectivity index (χ0v) is 14.9. The van der Waals surface area contributed by atoms with Crippen LogP contribution in [0.5, 0.6) is 0 Å². The summed E-state index contributed by atoms with van der Waals surface area (Å²) < 4.78 is 11.3. The van der Waals surface area contributed by atoms with Crippen molar-refractivity contribution in [3.05, 3.63) is 16.1 Å². The van der Waals surface area contributed by atoms with Crippen LogP contribution in [0.4, 0.5) is 0 Å². The van der Waals surface area contributed by atoms with Crippen LogP contribution >= 0.6 is 11.3 Å². The van der Waals surface area contributed by atoms with Crippen LogP contribution in [-0.4, -0.2) is 48.7 Å². The maximum atomic E-state index is 12.2. The molecule has 128 valence electrons. The lowest BCUT2D eigenvalue weighted by atomic mass is 9.81. The minimum atomic E-state index is 0.121. The van der Waals surface area contributed by atoms with E-state index in [1.54, 1.807) is 11.3 Å². The molecule has 0 bridgehead atoms. The Kier molecular flexibility index (Phi) is 5.34. The van der Waals surface area contributed by atoms with Gasteiger partial charge in [0, 0.05) is 30.5 Å². The van der Waals surface area contributed by atoms with Gasteiger partial charge in [0.15, 0.2) is 0 Å². The fourth-order valence-electron chi connectivity index (χ4n) is 3.95. The third-order valence-corrected chi connectivity index (χ3v) is 5.95. The van der Waals surface area contributed by atoms with Crippen LogP contribution in [0.15, 0.2) is 5.38 Å². The molecule has 5 nitrogen and oxygen atoms in total. The Balaban J connectivity index is 1.54. The highest BCUT2D eigenvalue weighted by molar-refractivity contribution is 7.09. The first-order valence-electron chi connectivity index (χ1n) is 8.47. The second kappa shape index (κ2) is 7.28. The quantitative estimate of drug-likeness (QED) is 0.767. The Morgan fingerprint density at radius 1 is 1.52 bits per heavy atom. The number of fused-ring (bicyclic) bond motifs is 1. The molecule has 1 saturated heterocycles. The van der Waals surface area contributed by atoms with Gasteiger partial charge in [-0.25, -0.2) is 4.98 Å². The Bertz CT molecular complexity index is 548. The number of hydrogen-bond acceptors (Lipinski definition) is 5. The van der Waals surface area contributed by atoms with E-state index >= 15 is 0 Å². The van der Waals surface area contributed by atoms with Crippen molar-refractivity contribution in [3.8, 4) is 0 Å². The first-order chi connectivity index (χ1) is 11.1. The summed E-state index contributed by atoms with van der Waals surface area (Å²) in [5.41, 5.74) is 1.16. The lowest BCUT2D eigenvalue weighted by Crippen LogP contribution is -2.36. The molecule has 1 aliphatic carbocycles. The average Bonchev–Trinajstić information content (AvgIpc) is 3.19. The van der Waals surface area contributed by atoms with Gasteiger partial charge in [-0.05, 0) is 32.6 Å². The van der Waals surface area contributed by atoms with Crippen LogP contribution in [-0.2, 0) is 20.9 Å². The molecule has 1 aromatic heterocycles. The Morgan fingerprint density at radius 3 is 3.13 bits per heavy atom. The van der Waals surface area contributed by atoms with Gasteiger partial charge in [0.1, 0.15) is 6.61 Å². The maximum absolute atomic E-state index is 12.2. The van der Waals surface area contributed by atoms with E-state index in [9.17, 15) is 4.79 Å². The predicted octanol–water partition coefficient (Wildman–Crippen LogP) is 2.63. The van der Waals surface area contributed by atoms with Crippen molar-refractivity contribution in [1.82, 2.24) is 9.88 Å². The van der Waals surface area contributed by atoms with Crippen molar-refractivity contribution in [2.24, 2.45) is 11.3 Å². The van der Waals surface area contributed by atoms with Gasteiger partial charge in [-0.1, -0.05) is 6.42 Å². The van der Waals surface area contributed by atoms with Crippen LogP contribution in [0.1, 0.15) is 36.9 Å². The van der Waals surface area contributed by atoms with Gasteiger partial charge < -0.3 is 14.4 Å². The number of aromatic nitrogens is 1. The molecular formula is C17H26N2O3S. The van der Waals surface area contributed by atoms with Gasteiger partial charge in [-0.3, -0.25) is 4.79 Å². The molecule has 1 saturated carbocycles. The second-order valence-corrected chi connectivity index (χ2v) is 7.78. The number of carbonyl (C=O) groups excluding carboxylic acids is 1. The number of thiazole rings is 1. The Morgan fingerprint density at radius 2 is 2.39 bits per heavy atom. The third kappa shape index (κ3) is 3.75. The lowest BCUT2D eigenvalue weighted by Gasteiger charge is -2.28. The van der Waals surface area contributed by atoms with Crippen LogP contribution in [0.3, 0.4) is 0 Å². The van der Waals surface area contributed by atoms with Crippen molar-refractivity contribution < 1.29 is 14.3 Å². The minimum Gasteiger partial charge on any atom is -0.374 e. The molecule has 2 atom stereocenters. The van der Waals surface area contributed by atoms with Crippen LogP contribution < -0.4 is 0 Å². The minimum absolute atomic E-state index is 0.121. The largest absolute Gasteiger partial charge is 0.374 e. The number of carbonyl (C=O) groups is 1. The van der Waals surface area contributed by atoms with Crippen molar-refractivity contribution in [3.63, 3.8) is 0 Å². The molecule has 6 heteroatoms. The van der Waals surface area contributed by atoms with Crippen molar-refractivity contribution in [2.75, 3.05) is 32.9 Å². The number of ether oxygens (including phenoxy) is 2. The SMILES string of the molecule is CCOCC(=O)N1C[C@@H]2CCC[C@]2(COCc2csc(C)n2)C1. The number of aryl methyl sites for hydroxylation is 1. The van der Waals surface area contributed by atoms with Gasteiger partial charge >= 0.3 is 0 Å². The summed E-state index contributed by atoms with van der Waals surface area (Å²) in [5, 5.41) is 3.14. The molecule has 1 amide bonds. The van der Waals surface area contributed by atoms with Crippen LogP contribution in [0, 0.1) is 18.3 Å². The summed E-state index contributed by atoms with van der Waals surface area (Å²) in [5.74, 6) is 0.695. The summed E-state index contributed by atoms with van der Waals surface area (Å²) >= 11 is 1.66. The number of likely N-dealkylation sites (tertiary alicyclic amines) is 1. The third-order valence-electron chi connectivity index (χ3n) is 5.13. The molecule has 0 spiro atoms. The van der Waals surface area contributed by atoms with Crippen molar-refractivity contribution in [1.29, 1.82) is 0 Å². The van der Waals surface area contributed by atoms with Crippen LogP contribution in [0.2, 0.25) is 0 Å². The van der Waals surface area contributed by atoms with Gasteiger partial charge in [-0.15, -0.1) is 11.3 Å². The Labute approximate surface area is 142 Å². The predicted molar refractivity (Wildman–Crippen MR) is 89.4 cm³/mol. The van der Waals surface area contributed by atoms with Gasteiger partial charge in [0.2, 0.25) is 5.91 Å². The molecule has 3 rings (SSSR count). The zero-order chi connectivity index (χ0) is 16.3. The average molecular weight is 338 g/mol. The monoisotopic (exact) mass is 338 g/mol. The molecule has 0 N–H and O–H groups in total. The summed E-state index contributed by atoms with van der Waals surface area (Å²) in [6.45, 7) is 7.71. The lowest BCUT2D eigenvalue weighted by molar-refractivity contribution is -0.135. The maximum Gasteiger partial charge on any atom is 0.248 e. The molecular weight excluding hydrogens is 312 g/mol. The highest BCUT2D eigenvalue weighted by Gasteiger charge is 2.50. The molecule has 0 radical (unpaired) electrons. The van der Waals surface area contributed by atoms with Crippen LogP contribution in [0.25, 0.3) is 0 Å². The normalized spacial score (nSPS) is 26.7. The van der Waals surface area contributed by atoms with E-state index in [-0.39, 0.29) is 17.9 Å². The number of hydrogen-bond donors (Lipinski definition) is 0. The van der Waals surface area contributed by atoms with E-state index in [0.29, 0.717) is 19.1 Å². The molecule has 23 heavy (non-hydrogen) atoms. The zero-order valence-electron chi connectivity index (χ0n) is 14.0. The fraction of sp³-hybridized carbons (Fsp3) is 0.765. The summed E-state index contributed by atoms with van der Waals surface area (Å²) in [6, 6.07) is 0. The molecule has 2 heterocycles. The number of rotatable bonds is 7. The van der Waals surface area contributed by atoms with E-state index in [0.717, 1.165) is 36.8 Å². The smallest absolute Gasteiger partial charge is 0.248 e. The summed E-state index contributed by atoms with van der Waals surface area (Å²) in [4.78, 5) is 18.7. The fourth-order valence-corrected chi connectivity index (χ4v) is 4.55. The summed E-state index contributed by atoms with van der Waals surface area (Å²) in [7, 11) is 0. The molecule has 0 unspecified atom stereocenters. The van der Waals surface area contributed by atoms with E-state index in [4.69, 9.17) is 9.47 Å². The summed E-state index contributed by atoms with van der Waals surface area (Å²) in [6.07, 6.45) is 3.61. The Hall–Kier alpha value is -0.980. The van der Waals surface area contributed by atoms with E-state index in [2.05, 4.69) is 10.4 Å². The van der Waals surface area contributed by atoms with Gasteiger partial charge in [0.25, 0.3) is 0 Å². The first kappa shape index (κ1) is 16.9. The van der Waals surface area contributed by atoms with E-state index in [1.165, 1.54) is 12.8 Å². The highest BCUT2D eigenvalue weighted by atomic mass is 32.1. The molecule has 2 fully saturated rings. The second-order valence-electron chi connectivity index (χ2n) is 6.71. The topological polar surface area (TPSA) is 51.7 Å². The molecule has 1 aliphatic heterocycles. The van der Waals surface area contributed by atoms with E-state index < -0.39 is 0 Å². The standard InChI is InChI=1S/C17H26N2O3S/c1-3-21-9-16(20)19-7-14-5-4-6-17(14,11-19)12-22-8-15-10-23-13(2)18-15/h10,14H,3-9,11-12H2,1-2H3/t14-,17+/m0/s1. The van der Waals surface area contributed by atoms with Gasteiger partial charge in [0.05, 0.1) is 23.9 Å². The molecule has 1 aromatic rings. The van der Waals surface area contributed by atoms with E-state index in [1.807, 2.05) is 18.7 Å². The molecule has 2 aliphatic rings. The van der Waals surface area contributed by atoms with Gasteiger partial charge in [-0.2, -0.15) is 0 Å². The number of nitrogens with zero attached hydrogens (tertiary/aromatic N) is 2.